The van der Waals surface area contributed by atoms with Crippen LogP contribution >= 0.6 is 11.3 Å². The van der Waals surface area contributed by atoms with Gasteiger partial charge in [0, 0.05) is 4.88 Å². The molecule has 1 aromatic carbocycles. The minimum Gasteiger partial charge on any atom is -0.485 e. The largest absolute Gasteiger partial charge is 0.485 e. The van der Waals surface area contributed by atoms with Crippen molar-refractivity contribution >= 4 is 34.2 Å². The highest BCUT2D eigenvalue weighted by Gasteiger charge is 2.33. The van der Waals surface area contributed by atoms with Gasteiger partial charge < -0.3 is 24.3 Å². The molecule has 3 atom stereocenters. The average molecular weight is 474 g/mol. The molecule has 1 aliphatic carbocycles. The molecule has 176 valence electrons. The third-order valence-electron chi connectivity index (χ3n) is 5.66. The van der Waals surface area contributed by atoms with Crippen LogP contribution in [0.5, 0.6) is 11.5 Å². The number of thiophene rings is 1. The molecule has 0 saturated carbocycles. The lowest BCUT2D eigenvalue weighted by molar-refractivity contribution is -0.162. The van der Waals surface area contributed by atoms with Crippen molar-refractivity contribution in [2.75, 3.05) is 18.5 Å². The fourth-order valence-corrected chi connectivity index (χ4v) is 5.31. The van der Waals surface area contributed by atoms with E-state index in [1.54, 1.807) is 31.2 Å². The quantitative estimate of drug-likeness (QED) is 0.638. The van der Waals surface area contributed by atoms with Gasteiger partial charge in [0.2, 0.25) is 6.10 Å². The highest BCUT2D eigenvalue weighted by Crippen LogP contribution is 2.40. The van der Waals surface area contributed by atoms with E-state index in [0.717, 1.165) is 29.7 Å². The number of nitrogens with one attached hydrogen (secondary N) is 1. The molecule has 2 aliphatic rings. The smallest absolute Gasteiger partial charge is 0.351 e. The van der Waals surface area contributed by atoms with Gasteiger partial charge in [-0.05, 0) is 56.7 Å². The van der Waals surface area contributed by atoms with Crippen LogP contribution in [-0.2, 0) is 31.9 Å². The summed E-state index contributed by atoms with van der Waals surface area (Å²) in [7, 11) is 0. The highest BCUT2D eigenvalue weighted by atomic mass is 32.1. The van der Waals surface area contributed by atoms with Crippen LogP contribution in [0.2, 0.25) is 0 Å². The Balaban J connectivity index is 1.43. The molecule has 1 amide bonds. The summed E-state index contributed by atoms with van der Waals surface area (Å²) in [6.45, 7) is 5.63. The number of fused-ring (bicyclic) bond motifs is 2. The number of hydrogen-bond acceptors (Lipinski definition) is 8. The Morgan fingerprint density at radius 3 is 2.76 bits per heavy atom. The van der Waals surface area contributed by atoms with E-state index in [9.17, 15) is 14.4 Å². The topological polar surface area (TPSA) is 100 Å². The predicted molar refractivity (Wildman–Crippen MR) is 122 cm³/mol. The van der Waals surface area contributed by atoms with Gasteiger partial charge in [-0.3, -0.25) is 4.79 Å². The zero-order valence-corrected chi connectivity index (χ0v) is 19.7. The standard InChI is InChI=1S/C24H27NO7S/c1-4-29-24(28)20-15-10-9-13(2)11-19(15)33-22(20)25-21(26)14(3)31-23(27)18-12-30-16-7-5-6-8-17(16)32-18/h5-8,13-14,18H,4,9-12H2,1-3H3,(H,25,26). The van der Waals surface area contributed by atoms with E-state index in [2.05, 4.69) is 12.2 Å². The monoisotopic (exact) mass is 473 g/mol. The van der Waals surface area contributed by atoms with E-state index in [1.807, 2.05) is 0 Å². The normalized spacial score (nSPS) is 19.7. The van der Waals surface area contributed by atoms with Crippen LogP contribution in [-0.4, -0.2) is 43.3 Å². The maximum Gasteiger partial charge on any atom is 0.351 e. The van der Waals surface area contributed by atoms with E-state index < -0.39 is 30.1 Å². The van der Waals surface area contributed by atoms with Gasteiger partial charge >= 0.3 is 11.9 Å². The molecule has 0 fully saturated rings. The summed E-state index contributed by atoms with van der Waals surface area (Å²) in [6, 6.07) is 7.02. The maximum absolute atomic E-state index is 12.8. The first-order valence-electron chi connectivity index (χ1n) is 11.1. The summed E-state index contributed by atoms with van der Waals surface area (Å²) in [5.74, 6) is -0.168. The molecule has 2 heterocycles. The first-order valence-corrected chi connectivity index (χ1v) is 11.9. The zero-order chi connectivity index (χ0) is 23.5. The Morgan fingerprint density at radius 1 is 1.24 bits per heavy atom. The second-order valence-corrected chi connectivity index (χ2v) is 9.31. The Bertz CT molecular complexity index is 1060. The van der Waals surface area contributed by atoms with Gasteiger partial charge in [-0.2, -0.15) is 0 Å². The molecule has 1 N–H and O–H groups in total. The van der Waals surface area contributed by atoms with Crippen molar-refractivity contribution in [1.29, 1.82) is 0 Å². The Hall–Kier alpha value is -3.07. The van der Waals surface area contributed by atoms with Gasteiger partial charge in [0.15, 0.2) is 17.6 Å². The number of carbonyl (C=O) groups excluding carboxylic acids is 3. The van der Waals surface area contributed by atoms with Crippen LogP contribution in [0.4, 0.5) is 5.00 Å². The van der Waals surface area contributed by atoms with Crippen molar-refractivity contribution in [3.63, 3.8) is 0 Å². The number of para-hydroxylation sites is 2. The average Bonchev–Trinajstić information content (AvgIpc) is 3.15. The van der Waals surface area contributed by atoms with Crippen LogP contribution in [0, 0.1) is 5.92 Å². The highest BCUT2D eigenvalue weighted by molar-refractivity contribution is 7.17. The molecule has 0 radical (unpaired) electrons. The van der Waals surface area contributed by atoms with Crippen molar-refractivity contribution in [2.24, 2.45) is 5.92 Å². The molecule has 1 aromatic heterocycles. The third-order valence-corrected chi connectivity index (χ3v) is 6.83. The van der Waals surface area contributed by atoms with Gasteiger partial charge in [0.05, 0.1) is 12.2 Å². The number of amides is 1. The van der Waals surface area contributed by atoms with Crippen LogP contribution in [0.3, 0.4) is 0 Å². The minimum atomic E-state index is -1.09. The summed E-state index contributed by atoms with van der Waals surface area (Å²) < 4.78 is 21.8. The van der Waals surface area contributed by atoms with Crippen molar-refractivity contribution < 1.29 is 33.3 Å². The number of hydrogen-bond donors (Lipinski definition) is 1. The van der Waals surface area contributed by atoms with E-state index in [0.29, 0.717) is 28.0 Å². The van der Waals surface area contributed by atoms with Crippen molar-refractivity contribution in [1.82, 2.24) is 0 Å². The van der Waals surface area contributed by atoms with Gasteiger partial charge in [-0.15, -0.1) is 11.3 Å². The molecule has 33 heavy (non-hydrogen) atoms. The van der Waals surface area contributed by atoms with E-state index in [-0.39, 0.29) is 13.2 Å². The van der Waals surface area contributed by atoms with Crippen LogP contribution in [0.25, 0.3) is 0 Å². The molecule has 3 unspecified atom stereocenters. The second-order valence-electron chi connectivity index (χ2n) is 8.21. The molecule has 8 nitrogen and oxygen atoms in total. The van der Waals surface area contributed by atoms with Crippen LogP contribution < -0.4 is 14.8 Å². The number of esters is 2. The van der Waals surface area contributed by atoms with Crippen molar-refractivity contribution in [3.05, 3.63) is 40.3 Å². The number of anilines is 1. The van der Waals surface area contributed by atoms with E-state index in [4.69, 9.17) is 18.9 Å². The zero-order valence-electron chi connectivity index (χ0n) is 18.8. The molecule has 0 saturated heterocycles. The Morgan fingerprint density at radius 2 is 2.00 bits per heavy atom. The summed E-state index contributed by atoms with van der Waals surface area (Å²) in [5, 5.41) is 3.21. The van der Waals surface area contributed by atoms with E-state index >= 15 is 0 Å². The fourth-order valence-electron chi connectivity index (χ4n) is 3.91. The fraction of sp³-hybridized carbons (Fsp3) is 0.458. The molecule has 9 heteroatoms. The first-order chi connectivity index (χ1) is 15.9. The van der Waals surface area contributed by atoms with E-state index in [1.165, 1.54) is 18.3 Å². The molecule has 0 spiro atoms. The SMILES string of the molecule is CCOC(=O)c1c(NC(=O)C(C)OC(=O)C2COc3ccccc3O2)sc2c1CCC(C)C2. The maximum atomic E-state index is 12.8. The molecular formula is C24H27NO7S. The molecule has 4 rings (SSSR count). The molecule has 2 aromatic rings. The number of carbonyl (C=O) groups is 3. The lowest BCUT2D eigenvalue weighted by atomic mass is 9.88. The lowest BCUT2D eigenvalue weighted by Crippen LogP contribution is -2.41. The Labute approximate surface area is 196 Å². The summed E-state index contributed by atoms with van der Waals surface area (Å²) in [5.41, 5.74) is 1.36. The summed E-state index contributed by atoms with van der Waals surface area (Å²) >= 11 is 1.39. The Kier molecular flexibility index (Phi) is 6.88. The van der Waals surface area contributed by atoms with Gasteiger partial charge in [-0.1, -0.05) is 19.1 Å². The summed E-state index contributed by atoms with van der Waals surface area (Å²) in [4.78, 5) is 39.1. The number of benzene rings is 1. The minimum absolute atomic E-state index is 0.00692. The molecule has 0 bridgehead atoms. The van der Waals surface area contributed by atoms with Crippen molar-refractivity contribution in [2.45, 2.75) is 52.2 Å². The molecular weight excluding hydrogens is 446 g/mol. The third kappa shape index (κ3) is 4.98. The predicted octanol–water partition coefficient (Wildman–Crippen LogP) is 3.76. The number of rotatable bonds is 6. The summed E-state index contributed by atoms with van der Waals surface area (Å²) in [6.07, 6.45) is 0.534. The van der Waals surface area contributed by atoms with Crippen molar-refractivity contribution in [3.8, 4) is 11.5 Å². The van der Waals surface area contributed by atoms with Gasteiger partial charge in [-0.25, -0.2) is 9.59 Å². The van der Waals surface area contributed by atoms with Gasteiger partial charge in [0.25, 0.3) is 5.91 Å². The molecule has 1 aliphatic heterocycles. The first kappa shape index (κ1) is 23.1. The lowest BCUT2D eigenvalue weighted by Gasteiger charge is -2.25. The second kappa shape index (κ2) is 9.82. The van der Waals surface area contributed by atoms with Crippen LogP contribution in [0.1, 0.15) is 48.0 Å². The number of ether oxygens (including phenoxy) is 4. The van der Waals surface area contributed by atoms with Gasteiger partial charge in [0.1, 0.15) is 11.6 Å². The van der Waals surface area contributed by atoms with Crippen LogP contribution in [0.15, 0.2) is 24.3 Å².